The third kappa shape index (κ3) is 3.50. The minimum absolute atomic E-state index is 0.0420. The van der Waals surface area contributed by atoms with Crippen LogP contribution >= 0.6 is 0 Å². The van der Waals surface area contributed by atoms with Gasteiger partial charge in [-0.3, -0.25) is 4.79 Å². The molecule has 0 fully saturated rings. The minimum Gasteiger partial charge on any atom is -0.326 e. The highest BCUT2D eigenvalue weighted by Crippen LogP contribution is 2.19. The third-order valence-electron chi connectivity index (χ3n) is 3.59. The summed E-state index contributed by atoms with van der Waals surface area (Å²) in [5.41, 5.74) is 1.75. The Morgan fingerprint density at radius 2 is 1.64 bits per heavy atom. The normalized spacial score (nSPS) is 10.6. The highest BCUT2D eigenvalue weighted by Gasteiger charge is 2.04. The molecule has 2 nitrogen and oxygen atoms in total. The highest BCUT2D eigenvalue weighted by atomic mass is 19.1. The van der Waals surface area contributed by atoms with E-state index in [4.69, 9.17) is 0 Å². The van der Waals surface area contributed by atoms with Crippen LogP contribution < -0.4 is 5.32 Å². The Hall–Kier alpha value is -2.68. The van der Waals surface area contributed by atoms with Gasteiger partial charge in [0.15, 0.2) is 0 Å². The summed E-state index contributed by atoms with van der Waals surface area (Å²) >= 11 is 0. The number of carbonyl (C=O) groups excluding carboxylic acids is 1. The predicted molar refractivity (Wildman–Crippen MR) is 87.3 cm³/mol. The molecule has 0 aliphatic carbocycles. The topological polar surface area (TPSA) is 29.1 Å². The lowest BCUT2D eigenvalue weighted by Crippen LogP contribution is -2.12. The molecule has 0 aromatic heterocycles. The third-order valence-corrected chi connectivity index (χ3v) is 3.59. The molecular formula is C19H16FNO. The van der Waals surface area contributed by atoms with E-state index >= 15 is 0 Å². The monoisotopic (exact) mass is 293 g/mol. The second-order valence-electron chi connectivity index (χ2n) is 5.24. The fraction of sp³-hybridized carbons (Fsp3) is 0.105. The van der Waals surface area contributed by atoms with Gasteiger partial charge < -0.3 is 5.32 Å². The SMILES string of the molecule is O=C(CCc1ccc(F)cc1)Nc1ccc2ccccc2c1. The lowest BCUT2D eigenvalue weighted by atomic mass is 10.1. The molecule has 0 unspecified atom stereocenters. The fourth-order valence-electron chi connectivity index (χ4n) is 2.40. The van der Waals surface area contributed by atoms with Crippen LogP contribution in [0, 0.1) is 5.82 Å². The number of halogens is 1. The first-order chi connectivity index (χ1) is 10.7. The number of nitrogens with one attached hydrogen (secondary N) is 1. The van der Waals surface area contributed by atoms with Gasteiger partial charge in [0.05, 0.1) is 0 Å². The Morgan fingerprint density at radius 3 is 2.41 bits per heavy atom. The summed E-state index contributed by atoms with van der Waals surface area (Å²) in [6, 6.07) is 20.1. The first-order valence-corrected chi connectivity index (χ1v) is 7.24. The Balaban J connectivity index is 1.61. The molecule has 1 amide bonds. The average Bonchev–Trinajstić information content (AvgIpc) is 2.54. The molecule has 1 N–H and O–H groups in total. The van der Waals surface area contributed by atoms with Crippen molar-refractivity contribution in [3.8, 4) is 0 Å². The van der Waals surface area contributed by atoms with Gasteiger partial charge in [-0.1, -0.05) is 42.5 Å². The van der Waals surface area contributed by atoms with Gasteiger partial charge in [-0.05, 0) is 47.0 Å². The Labute approximate surface area is 128 Å². The van der Waals surface area contributed by atoms with Crippen molar-refractivity contribution in [1.82, 2.24) is 0 Å². The van der Waals surface area contributed by atoms with E-state index in [1.165, 1.54) is 12.1 Å². The second kappa shape index (κ2) is 6.39. The summed E-state index contributed by atoms with van der Waals surface area (Å²) in [5.74, 6) is -0.302. The molecular weight excluding hydrogens is 277 g/mol. The first-order valence-electron chi connectivity index (χ1n) is 7.24. The summed E-state index contributed by atoms with van der Waals surface area (Å²) in [5, 5.41) is 5.14. The van der Waals surface area contributed by atoms with Crippen LogP contribution in [0.2, 0.25) is 0 Å². The number of fused-ring (bicyclic) bond motifs is 1. The van der Waals surface area contributed by atoms with Gasteiger partial charge in [0.1, 0.15) is 5.82 Å². The number of aryl methyl sites for hydroxylation is 1. The standard InChI is InChI=1S/C19H16FNO/c20-17-9-5-14(6-10-17)7-12-19(22)21-18-11-8-15-3-1-2-4-16(15)13-18/h1-6,8-11,13H,7,12H2,(H,21,22). The van der Waals surface area contributed by atoms with Crippen LogP contribution in [0.25, 0.3) is 10.8 Å². The molecule has 0 saturated carbocycles. The number of hydrogen-bond donors (Lipinski definition) is 1. The molecule has 0 aliphatic rings. The zero-order valence-corrected chi connectivity index (χ0v) is 12.1. The van der Waals surface area contributed by atoms with Crippen molar-refractivity contribution in [1.29, 1.82) is 0 Å². The van der Waals surface area contributed by atoms with Crippen LogP contribution in [0.3, 0.4) is 0 Å². The molecule has 0 bridgehead atoms. The summed E-state index contributed by atoms with van der Waals surface area (Å²) in [6.07, 6.45) is 0.970. The van der Waals surface area contributed by atoms with E-state index in [1.807, 2.05) is 42.5 Å². The number of benzene rings is 3. The average molecular weight is 293 g/mol. The lowest BCUT2D eigenvalue weighted by molar-refractivity contribution is -0.116. The second-order valence-corrected chi connectivity index (χ2v) is 5.24. The van der Waals surface area contributed by atoms with Crippen LogP contribution in [0.15, 0.2) is 66.7 Å². The first kappa shape index (κ1) is 14.3. The van der Waals surface area contributed by atoms with E-state index in [1.54, 1.807) is 12.1 Å². The molecule has 3 rings (SSSR count). The largest absolute Gasteiger partial charge is 0.326 e. The van der Waals surface area contributed by atoms with E-state index in [-0.39, 0.29) is 11.7 Å². The van der Waals surface area contributed by atoms with Crippen molar-refractivity contribution < 1.29 is 9.18 Å². The van der Waals surface area contributed by atoms with Crippen LogP contribution in [-0.2, 0) is 11.2 Å². The number of rotatable bonds is 4. The van der Waals surface area contributed by atoms with Gasteiger partial charge in [0, 0.05) is 12.1 Å². The zero-order valence-electron chi connectivity index (χ0n) is 12.1. The molecule has 0 atom stereocenters. The quantitative estimate of drug-likeness (QED) is 0.751. The van der Waals surface area contributed by atoms with Gasteiger partial charge in [-0.25, -0.2) is 4.39 Å². The van der Waals surface area contributed by atoms with Crippen molar-refractivity contribution in [3.63, 3.8) is 0 Å². The van der Waals surface area contributed by atoms with Crippen molar-refractivity contribution in [2.75, 3.05) is 5.32 Å². The molecule has 0 radical (unpaired) electrons. The maximum Gasteiger partial charge on any atom is 0.224 e. The van der Waals surface area contributed by atoms with Crippen molar-refractivity contribution in [2.24, 2.45) is 0 Å². The van der Waals surface area contributed by atoms with Gasteiger partial charge in [-0.2, -0.15) is 0 Å². The Bertz CT molecular complexity index is 796. The van der Waals surface area contributed by atoms with Crippen molar-refractivity contribution >= 4 is 22.4 Å². The maximum atomic E-state index is 12.8. The van der Waals surface area contributed by atoms with Gasteiger partial charge in [0.2, 0.25) is 5.91 Å². The zero-order chi connectivity index (χ0) is 15.4. The number of amides is 1. The number of anilines is 1. The highest BCUT2D eigenvalue weighted by molar-refractivity contribution is 5.94. The van der Waals surface area contributed by atoms with Crippen LogP contribution in [-0.4, -0.2) is 5.91 Å². The summed E-state index contributed by atoms with van der Waals surface area (Å²) < 4.78 is 12.8. The molecule has 0 aliphatic heterocycles. The summed E-state index contributed by atoms with van der Waals surface area (Å²) in [4.78, 5) is 12.0. The van der Waals surface area contributed by atoms with E-state index in [0.717, 1.165) is 22.0 Å². The predicted octanol–water partition coefficient (Wildman–Crippen LogP) is 4.55. The molecule has 110 valence electrons. The summed E-state index contributed by atoms with van der Waals surface area (Å²) in [7, 11) is 0. The fourth-order valence-corrected chi connectivity index (χ4v) is 2.40. The molecule has 0 saturated heterocycles. The van der Waals surface area contributed by atoms with Crippen LogP contribution in [0.1, 0.15) is 12.0 Å². The summed E-state index contributed by atoms with van der Waals surface area (Å²) in [6.45, 7) is 0. The number of hydrogen-bond acceptors (Lipinski definition) is 1. The van der Waals surface area contributed by atoms with Crippen LogP contribution in [0.5, 0.6) is 0 Å². The van der Waals surface area contributed by atoms with Gasteiger partial charge in [-0.15, -0.1) is 0 Å². The minimum atomic E-state index is -0.260. The molecule has 3 heteroatoms. The van der Waals surface area contributed by atoms with E-state index in [2.05, 4.69) is 5.32 Å². The molecule has 3 aromatic carbocycles. The Morgan fingerprint density at radius 1 is 0.909 bits per heavy atom. The van der Waals surface area contributed by atoms with Crippen molar-refractivity contribution in [2.45, 2.75) is 12.8 Å². The molecule has 3 aromatic rings. The van der Waals surface area contributed by atoms with Crippen molar-refractivity contribution in [3.05, 3.63) is 78.1 Å². The van der Waals surface area contributed by atoms with Gasteiger partial charge >= 0.3 is 0 Å². The molecule has 0 spiro atoms. The molecule has 0 heterocycles. The van der Waals surface area contributed by atoms with E-state index in [0.29, 0.717) is 12.8 Å². The smallest absolute Gasteiger partial charge is 0.224 e. The van der Waals surface area contributed by atoms with Gasteiger partial charge in [0.25, 0.3) is 0 Å². The Kier molecular flexibility index (Phi) is 4.15. The lowest BCUT2D eigenvalue weighted by Gasteiger charge is -2.07. The number of carbonyl (C=O) groups is 1. The van der Waals surface area contributed by atoms with E-state index in [9.17, 15) is 9.18 Å². The van der Waals surface area contributed by atoms with Crippen LogP contribution in [0.4, 0.5) is 10.1 Å². The molecule has 22 heavy (non-hydrogen) atoms. The van der Waals surface area contributed by atoms with E-state index < -0.39 is 0 Å². The maximum absolute atomic E-state index is 12.8.